The fourth-order valence-electron chi connectivity index (χ4n) is 12.3. The van der Waals surface area contributed by atoms with Gasteiger partial charge in [-0.05, 0) is 145 Å². The van der Waals surface area contributed by atoms with Crippen molar-refractivity contribution < 1.29 is 107 Å². The zero-order valence-electron chi connectivity index (χ0n) is 71.1. The molecule has 0 radical (unpaired) electrons. The lowest BCUT2D eigenvalue weighted by atomic mass is 9.96. The number of nitrogens with two attached hydrogens (primary N) is 6. The van der Waals surface area contributed by atoms with Crippen molar-refractivity contribution in [3.63, 3.8) is 0 Å². The molecule has 0 bridgehead atoms. The Morgan fingerprint density at radius 2 is 0.829 bits per heavy atom. The molecule has 0 aliphatic rings. The van der Waals surface area contributed by atoms with Gasteiger partial charge >= 0.3 is 11.9 Å². The van der Waals surface area contributed by atoms with Gasteiger partial charge in [-0.25, -0.2) is 9.78 Å². The number of aliphatic hydroxyl groups is 2. The van der Waals surface area contributed by atoms with E-state index in [0.717, 1.165) is 0 Å². The maximum atomic E-state index is 14.8. The number of thioether (sulfide) groups is 1. The minimum atomic E-state index is -1.88. The summed E-state index contributed by atoms with van der Waals surface area (Å²) in [6.45, 7) is 9.38. The molecule has 44 nitrogen and oxygen atoms in total. The second kappa shape index (κ2) is 58.1. The number of primary amides is 2. The van der Waals surface area contributed by atoms with E-state index in [-0.39, 0.29) is 121 Å². The number of carbonyl (C=O) groups excluding carboxylic acids is 16. The number of carboxylic acid groups (broad SMARTS) is 2. The van der Waals surface area contributed by atoms with Gasteiger partial charge in [0, 0.05) is 37.6 Å². The number of aliphatic carboxylic acids is 2. The first-order valence-electron chi connectivity index (χ1n) is 41.0. The lowest BCUT2D eigenvalue weighted by Crippen LogP contribution is -2.62. The fraction of sp³-hybridized carbons (Fsp3) is 0.654. The van der Waals surface area contributed by atoms with Crippen LogP contribution in [0.3, 0.4) is 0 Å². The van der Waals surface area contributed by atoms with Gasteiger partial charge in [0.05, 0.1) is 32.0 Å². The van der Waals surface area contributed by atoms with Gasteiger partial charge in [-0.3, -0.25) is 81.5 Å². The Balaban J connectivity index is 2.52. The van der Waals surface area contributed by atoms with Crippen LogP contribution in [0, 0.1) is 17.8 Å². The number of carboxylic acids is 2. The van der Waals surface area contributed by atoms with Gasteiger partial charge in [-0.15, -0.1) is 0 Å². The van der Waals surface area contributed by atoms with Gasteiger partial charge < -0.3 is 134 Å². The van der Waals surface area contributed by atoms with Gasteiger partial charge in [0.1, 0.15) is 84.6 Å². The van der Waals surface area contributed by atoms with Crippen LogP contribution >= 0.6 is 11.8 Å². The van der Waals surface area contributed by atoms with Crippen molar-refractivity contribution in [2.45, 2.75) is 261 Å². The first-order valence-corrected chi connectivity index (χ1v) is 42.4. The van der Waals surface area contributed by atoms with E-state index in [1.165, 1.54) is 45.1 Å². The number of nitrogens with one attached hydrogen (secondary N) is 15. The number of H-pyrrole nitrogens is 1. The fourth-order valence-corrected chi connectivity index (χ4v) is 12.7. The summed E-state index contributed by atoms with van der Waals surface area (Å²) in [7, 11) is 0. The minimum Gasteiger partial charge on any atom is -0.481 e. The van der Waals surface area contributed by atoms with Gasteiger partial charge in [-0.1, -0.05) is 78.3 Å². The molecular weight excluding hydrogens is 1630 g/mol. The van der Waals surface area contributed by atoms with E-state index in [9.17, 15) is 107 Å². The van der Waals surface area contributed by atoms with E-state index < -0.39 is 241 Å². The number of carbonyl (C=O) groups is 18. The van der Waals surface area contributed by atoms with E-state index in [1.54, 1.807) is 64.3 Å². The predicted molar refractivity (Wildman–Crippen MR) is 449 cm³/mol. The lowest BCUT2D eigenvalue weighted by molar-refractivity contribution is -0.143. The highest BCUT2D eigenvalue weighted by molar-refractivity contribution is 7.98. The van der Waals surface area contributed by atoms with Crippen LogP contribution in [0.1, 0.15) is 169 Å². The zero-order valence-corrected chi connectivity index (χ0v) is 71.9. The monoisotopic (exact) mass is 1760 g/mol. The Hall–Kier alpha value is -11.0. The Bertz CT molecular complexity index is 3770. The third-order valence-corrected chi connectivity index (χ3v) is 20.3. The van der Waals surface area contributed by atoms with Crippen LogP contribution in [-0.2, 0) is 99.1 Å². The number of aromatic nitrogens is 2. The van der Waals surface area contributed by atoms with E-state index in [0.29, 0.717) is 24.1 Å². The summed E-state index contributed by atoms with van der Waals surface area (Å²) in [6.07, 6.45) is 2.67. The van der Waals surface area contributed by atoms with Crippen molar-refractivity contribution in [3.05, 3.63) is 54.1 Å². The SMILES string of the molecule is CC[C@H](C)[C@H](NC(=O)[C@H](Cc1ccccc1)NC(=O)[C@H](CCCCN)NC(=O)[C@H](C)NC(=O)[C@H](CCSC)NC(=O)[C@H](CCC(=O)O)NC(=O)[C@@H](N)CCC(N)=O)C(=O)N[C@@H](CO)C(=O)N[C@@H](CCCCN)C(=O)N[C@@H](CC(N)=O)C(=O)N[C@@H](CCCCN)C(=O)N[C@@H](Cc1cnc[nH]1)C(=O)N[C@H](C(=O)N[C@@H](CO)C(=O)N[C@@H](CC(C)C)C(=O)O)C(C)C. The molecule has 2 rings (SSSR count). The highest BCUT2D eigenvalue weighted by Gasteiger charge is 2.40. The topological polar surface area (TPSA) is 741 Å². The van der Waals surface area contributed by atoms with Crippen LogP contribution in [0.25, 0.3) is 0 Å². The van der Waals surface area contributed by atoms with E-state index in [1.807, 2.05) is 0 Å². The second-order valence-electron chi connectivity index (χ2n) is 30.7. The minimum absolute atomic E-state index is 0.0194. The van der Waals surface area contributed by atoms with Crippen molar-refractivity contribution in [2.24, 2.45) is 52.2 Å². The van der Waals surface area contributed by atoms with Crippen molar-refractivity contribution in [2.75, 3.05) is 44.9 Å². The quantitative estimate of drug-likeness (QED) is 0.0274. The highest BCUT2D eigenvalue weighted by Crippen LogP contribution is 2.16. The normalized spacial score (nSPS) is 15.1. The molecule has 16 atom stereocenters. The molecule has 1 heterocycles. The number of unbranched alkanes of at least 4 members (excludes halogenated alkanes) is 3. The Morgan fingerprint density at radius 1 is 0.431 bits per heavy atom. The summed E-state index contributed by atoms with van der Waals surface area (Å²) in [6, 6.07) is -14.8. The van der Waals surface area contributed by atoms with Crippen LogP contribution in [0.5, 0.6) is 0 Å². The van der Waals surface area contributed by atoms with Gasteiger partial charge in [0.2, 0.25) is 94.5 Å². The number of benzene rings is 1. The summed E-state index contributed by atoms with van der Waals surface area (Å²) in [5.41, 5.74) is 35.0. The van der Waals surface area contributed by atoms with Crippen LogP contribution in [0.15, 0.2) is 42.9 Å². The molecule has 1 aromatic heterocycles. The summed E-state index contributed by atoms with van der Waals surface area (Å²) in [4.78, 5) is 253. The highest BCUT2D eigenvalue weighted by atomic mass is 32.2. The molecule has 0 aliphatic heterocycles. The number of rotatable bonds is 63. The second-order valence-corrected chi connectivity index (χ2v) is 31.6. The predicted octanol–water partition coefficient (Wildman–Crippen LogP) is -6.71. The van der Waals surface area contributed by atoms with E-state index >= 15 is 0 Å². The number of aliphatic hydroxyl groups excluding tert-OH is 2. The smallest absolute Gasteiger partial charge is 0.326 e. The van der Waals surface area contributed by atoms with Crippen molar-refractivity contribution in [1.82, 2.24) is 84.4 Å². The third kappa shape index (κ3) is 41.2. The molecule has 0 aliphatic carbocycles. The van der Waals surface area contributed by atoms with Crippen molar-refractivity contribution in [1.29, 1.82) is 0 Å². The van der Waals surface area contributed by atoms with E-state index in [2.05, 4.69) is 84.4 Å². The average Bonchev–Trinajstić information content (AvgIpc) is 1.85. The largest absolute Gasteiger partial charge is 0.481 e. The molecule has 123 heavy (non-hydrogen) atoms. The molecule has 31 N–H and O–H groups in total. The van der Waals surface area contributed by atoms with Gasteiger partial charge in [0.25, 0.3) is 0 Å². The zero-order chi connectivity index (χ0) is 92.6. The third-order valence-electron chi connectivity index (χ3n) is 19.6. The summed E-state index contributed by atoms with van der Waals surface area (Å²) >= 11 is 1.30. The Morgan fingerprint density at radius 3 is 1.25 bits per heavy atom. The molecule has 690 valence electrons. The molecular formula is C78H130N22O22S. The molecule has 45 heteroatoms. The summed E-state index contributed by atoms with van der Waals surface area (Å²) in [5, 5.41) is 75.0. The Kier molecular flexibility index (Phi) is 51.1. The van der Waals surface area contributed by atoms with E-state index in [4.69, 9.17) is 34.4 Å². The molecule has 0 spiro atoms. The number of amides is 16. The molecule has 2 aromatic rings. The number of nitrogens with zero attached hydrogens (tertiary/aromatic N) is 1. The van der Waals surface area contributed by atoms with Gasteiger partial charge in [0.15, 0.2) is 0 Å². The van der Waals surface area contributed by atoms with Gasteiger partial charge in [-0.2, -0.15) is 11.8 Å². The maximum absolute atomic E-state index is 14.8. The lowest BCUT2D eigenvalue weighted by Gasteiger charge is -2.29. The first-order chi connectivity index (χ1) is 58.2. The molecule has 16 amide bonds. The molecule has 0 saturated carbocycles. The number of aromatic amines is 1. The molecule has 0 unspecified atom stereocenters. The van der Waals surface area contributed by atoms with Crippen LogP contribution in [0.4, 0.5) is 0 Å². The Labute approximate surface area is 718 Å². The average molecular weight is 1760 g/mol. The molecule has 0 fully saturated rings. The van der Waals surface area contributed by atoms with Crippen LogP contribution in [0.2, 0.25) is 0 Å². The summed E-state index contributed by atoms with van der Waals surface area (Å²) in [5.74, 6) is -19.9. The van der Waals surface area contributed by atoms with Crippen molar-refractivity contribution in [3.8, 4) is 0 Å². The molecule has 1 aromatic carbocycles. The first kappa shape index (κ1) is 108. The standard InChI is InChI=1S/C78H130N22O22S/c1-9-43(6)63(100-72(115)53(34-45-19-11-10-12-20-45)93-67(110)48(21-13-16-29-79)88-64(107)44(7)87-66(109)52(28-32-123-8)92-70(113)51(25-27-61(105)106)89-65(108)47(82)24-26-59(83)103)77(120)98-57(38-101)74(117)91-50(23-15-18-31-81)69(112)95-55(36-60(84)104)71(114)90-49(22-14-17-30-80)68(111)94-54(35-46-37-85-40-86-46)73(116)99-62(42(4)5)76(119)97-58(39-102)75(118)96-56(78(121)122)33-41(2)3/h10-12,19-20,37,40-44,47-58,62-63,101-102H,9,13-18,21-36,38-39,79-82H2,1-8H3,(H2,83,103)(H2,84,104)(H,85,86)(H,87,109)(H,88,107)(H,89,108)(H,90,114)(H,91,117)(H,92,113)(H,93,110)(H,94,111)(H,95,112)(H,96,118)(H,97,119)(H,98,120)(H,99,116)(H,100,115)(H,105,106)(H,121,122)/t43-,44-,47-,48-,49-,50-,51-,52-,53-,54-,55-,56-,57-,58-,62-,63-/m0/s1. The number of imidazole rings is 1. The molecule has 0 saturated heterocycles. The van der Waals surface area contributed by atoms with Crippen LogP contribution in [-0.4, -0.2) is 272 Å². The van der Waals surface area contributed by atoms with Crippen molar-refractivity contribution >= 4 is 118 Å². The number of hydrogen-bond donors (Lipinski definition) is 25. The van der Waals surface area contributed by atoms with Crippen LogP contribution < -0.4 is 109 Å². The number of hydrogen-bond acceptors (Lipinski definition) is 26. The summed E-state index contributed by atoms with van der Waals surface area (Å²) < 4.78 is 0. The maximum Gasteiger partial charge on any atom is 0.326 e.